The molecule has 7 heteroatoms. The van der Waals surface area contributed by atoms with Gasteiger partial charge in [0.1, 0.15) is 11.6 Å². The summed E-state index contributed by atoms with van der Waals surface area (Å²) < 4.78 is 17.9. The Morgan fingerprint density at radius 1 is 1.50 bits per heavy atom. The summed E-state index contributed by atoms with van der Waals surface area (Å²) in [6, 6.07) is 4.07. The van der Waals surface area contributed by atoms with Crippen LogP contribution in [0.1, 0.15) is 28.7 Å². The van der Waals surface area contributed by atoms with E-state index in [2.05, 4.69) is 19.9 Å². The number of rotatable bonds is 5. The largest absolute Gasteiger partial charge is 0.465 e. The van der Waals surface area contributed by atoms with Crippen molar-refractivity contribution in [3.8, 4) is 0 Å². The van der Waals surface area contributed by atoms with Crippen LogP contribution in [0.3, 0.4) is 0 Å². The van der Waals surface area contributed by atoms with Crippen molar-refractivity contribution in [2.45, 2.75) is 24.3 Å². The Balaban J connectivity index is 2.14. The van der Waals surface area contributed by atoms with Crippen molar-refractivity contribution in [1.29, 1.82) is 0 Å². The van der Waals surface area contributed by atoms with Crippen molar-refractivity contribution in [2.24, 2.45) is 0 Å². The number of aromatic amines is 1. The number of H-pyrrole nitrogens is 1. The van der Waals surface area contributed by atoms with Gasteiger partial charge in [-0.3, -0.25) is 5.10 Å². The molecule has 0 radical (unpaired) electrons. The molecule has 0 saturated carbocycles. The van der Waals surface area contributed by atoms with Crippen LogP contribution in [-0.2, 0) is 16.9 Å². The molecule has 5 nitrogen and oxygen atoms in total. The lowest BCUT2D eigenvalue weighted by molar-refractivity contribution is 0.0599. The summed E-state index contributed by atoms with van der Waals surface area (Å²) in [6.07, 6.45) is 0.775. The van der Waals surface area contributed by atoms with Gasteiger partial charge in [-0.15, -0.1) is 5.10 Å². The summed E-state index contributed by atoms with van der Waals surface area (Å²) in [6.45, 7) is 1.98. The van der Waals surface area contributed by atoms with Gasteiger partial charge >= 0.3 is 5.97 Å². The fraction of sp³-hybridized carbons (Fsp3) is 0.308. The molecule has 0 fully saturated rings. The van der Waals surface area contributed by atoms with Crippen LogP contribution in [0, 0.1) is 5.82 Å². The van der Waals surface area contributed by atoms with Gasteiger partial charge in [0.05, 0.1) is 12.7 Å². The molecule has 1 aromatic heterocycles. The molecule has 0 aliphatic rings. The first-order valence-corrected chi connectivity index (χ1v) is 7.03. The fourth-order valence-electron chi connectivity index (χ4n) is 1.62. The molecular formula is C13H14FN3O2S. The summed E-state index contributed by atoms with van der Waals surface area (Å²) in [7, 11) is 1.27. The Hall–Kier alpha value is -1.89. The van der Waals surface area contributed by atoms with Crippen LogP contribution in [0.4, 0.5) is 4.39 Å². The molecule has 20 heavy (non-hydrogen) atoms. The van der Waals surface area contributed by atoms with Crippen molar-refractivity contribution in [1.82, 2.24) is 15.2 Å². The van der Waals surface area contributed by atoms with Crippen molar-refractivity contribution in [2.75, 3.05) is 7.11 Å². The lowest BCUT2D eigenvalue weighted by atomic mass is 10.1. The van der Waals surface area contributed by atoms with Crippen molar-refractivity contribution in [3.05, 3.63) is 41.0 Å². The van der Waals surface area contributed by atoms with Crippen LogP contribution < -0.4 is 0 Å². The van der Waals surface area contributed by atoms with Crippen molar-refractivity contribution < 1.29 is 13.9 Å². The maximum Gasteiger partial charge on any atom is 0.338 e. The zero-order valence-corrected chi connectivity index (χ0v) is 12.0. The van der Waals surface area contributed by atoms with Gasteiger partial charge < -0.3 is 4.74 Å². The van der Waals surface area contributed by atoms with E-state index in [4.69, 9.17) is 0 Å². The number of aryl methyl sites for hydroxylation is 1. The molecule has 0 saturated heterocycles. The van der Waals surface area contributed by atoms with Crippen molar-refractivity contribution in [3.63, 3.8) is 0 Å². The van der Waals surface area contributed by atoms with Gasteiger partial charge in [-0.05, 0) is 17.7 Å². The fourth-order valence-corrected chi connectivity index (χ4v) is 2.44. The number of hydrogen-bond donors (Lipinski definition) is 1. The Morgan fingerprint density at radius 3 is 2.95 bits per heavy atom. The summed E-state index contributed by atoms with van der Waals surface area (Å²) >= 11 is 1.37. The average Bonchev–Trinajstić information content (AvgIpc) is 2.93. The number of aromatic nitrogens is 3. The van der Waals surface area contributed by atoms with Gasteiger partial charge in [0.2, 0.25) is 5.16 Å². The number of hydrogen-bond acceptors (Lipinski definition) is 5. The van der Waals surface area contributed by atoms with Gasteiger partial charge in [-0.2, -0.15) is 0 Å². The number of methoxy groups -OCH3 is 1. The molecule has 1 N–H and O–H groups in total. The second-order valence-electron chi connectivity index (χ2n) is 4.00. The molecular weight excluding hydrogens is 281 g/mol. The second-order valence-corrected chi connectivity index (χ2v) is 4.94. The third-order valence-corrected chi connectivity index (χ3v) is 3.58. The molecule has 1 heterocycles. The number of ether oxygens (including phenoxy) is 1. The van der Waals surface area contributed by atoms with E-state index in [1.807, 2.05) is 6.92 Å². The predicted molar refractivity (Wildman–Crippen MR) is 73.1 cm³/mol. The van der Waals surface area contributed by atoms with Gasteiger partial charge in [0.25, 0.3) is 0 Å². The third kappa shape index (κ3) is 3.36. The van der Waals surface area contributed by atoms with E-state index >= 15 is 0 Å². The molecule has 0 amide bonds. The zero-order valence-electron chi connectivity index (χ0n) is 11.1. The first kappa shape index (κ1) is 14.5. The minimum atomic E-state index is -0.552. The Morgan fingerprint density at radius 2 is 2.30 bits per heavy atom. The predicted octanol–water partition coefficient (Wildman–Crippen LogP) is 2.59. The summed E-state index contributed by atoms with van der Waals surface area (Å²) in [5.41, 5.74) is 0.914. The number of nitrogens with one attached hydrogen (secondary N) is 1. The van der Waals surface area contributed by atoms with Gasteiger partial charge in [-0.1, -0.05) is 24.8 Å². The summed E-state index contributed by atoms with van der Waals surface area (Å²) in [5, 5.41) is 7.47. The van der Waals surface area contributed by atoms with E-state index in [-0.39, 0.29) is 5.56 Å². The van der Waals surface area contributed by atoms with E-state index < -0.39 is 11.8 Å². The number of benzene rings is 1. The third-order valence-electron chi connectivity index (χ3n) is 2.68. The van der Waals surface area contributed by atoms with E-state index in [1.165, 1.54) is 31.0 Å². The topological polar surface area (TPSA) is 67.9 Å². The second kappa shape index (κ2) is 6.51. The standard InChI is InChI=1S/C13H14FN3O2S/c1-3-11-15-13(17-16-11)20-7-8-4-5-9(14)6-10(8)12(18)19-2/h4-6H,3,7H2,1-2H3,(H,15,16,17). The first-order valence-electron chi connectivity index (χ1n) is 6.04. The quantitative estimate of drug-likeness (QED) is 0.678. The molecule has 0 unspecified atom stereocenters. The molecule has 2 aromatic rings. The zero-order chi connectivity index (χ0) is 14.5. The van der Waals surface area contributed by atoms with Crippen LogP contribution in [0.5, 0.6) is 0 Å². The van der Waals surface area contributed by atoms with Gasteiger partial charge in [-0.25, -0.2) is 14.2 Å². The minimum absolute atomic E-state index is 0.228. The lowest BCUT2D eigenvalue weighted by Gasteiger charge is -2.06. The molecule has 1 aromatic carbocycles. The highest BCUT2D eigenvalue weighted by atomic mass is 32.2. The minimum Gasteiger partial charge on any atom is -0.465 e. The lowest BCUT2D eigenvalue weighted by Crippen LogP contribution is -2.05. The highest BCUT2D eigenvalue weighted by molar-refractivity contribution is 7.98. The molecule has 0 spiro atoms. The van der Waals surface area contributed by atoms with Crippen LogP contribution in [0.15, 0.2) is 23.4 Å². The maximum absolute atomic E-state index is 13.2. The van der Waals surface area contributed by atoms with E-state index in [1.54, 1.807) is 6.07 Å². The smallest absolute Gasteiger partial charge is 0.338 e. The van der Waals surface area contributed by atoms with E-state index in [9.17, 15) is 9.18 Å². The molecule has 0 atom stereocenters. The number of halogens is 1. The van der Waals surface area contributed by atoms with Crippen LogP contribution >= 0.6 is 11.8 Å². The van der Waals surface area contributed by atoms with Crippen LogP contribution in [-0.4, -0.2) is 28.3 Å². The highest BCUT2D eigenvalue weighted by Crippen LogP contribution is 2.23. The van der Waals surface area contributed by atoms with Gasteiger partial charge in [0, 0.05) is 12.2 Å². The molecule has 0 aliphatic carbocycles. The monoisotopic (exact) mass is 295 g/mol. The van der Waals surface area contributed by atoms with E-state index in [0.717, 1.165) is 12.2 Å². The molecule has 0 bridgehead atoms. The molecule has 2 rings (SSSR count). The Bertz CT molecular complexity index is 615. The van der Waals surface area contributed by atoms with Gasteiger partial charge in [0.15, 0.2) is 0 Å². The first-order chi connectivity index (χ1) is 9.63. The molecule has 106 valence electrons. The number of carbonyl (C=O) groups is 1. The number of esters is 1. The van der Waals surface area contributed by atoms with Crippen LogP contribution in [0.2, 0.25) is 0 Å². The number of carbonyl (C=O) groups excluding carboxylic acids is 1. The number of nitrogens with zero attached hydrogens (tertiary/aromatic N) is 2. The molecule has 0 aliphatic heterocycles. The number of thioether (sulfide) groups is 1. The van der Waals surface area contributed by atoms with E-state index in [0.29, 0.717) is 16.5 Å². The summed E-state index contributed by atoms with van der Waals surface area (Å²) in [5.74, 6) is 0.251. The highest BCUT2D eigenvalue weighted by Gasteiger charge is 2.14. The normalized spacial score (nSPS) is 10.6. The van der Waals surface area contributed by atoms with Crippen molar-refractivity contribution >= 4 is 17.7 Å². The Labute approximate surface area is 119 Å². The van der Waals surface area contributed by atoms with Crippen LogP contribution in [0.25, 0.3) is 0 Å². The average molecular weight is 295 g/mol. The summed E-state index contributed by atoms with van der Waals surface area (Å²) in [4.78, 5) is 15.9. The Kier molecular flexibility index (Phi) is 4.73. The maximum atomic E-state index is 13.2. The SMILES string of the molecule is CCc1nc(SCc2ccc(F)cc2C(=O)OC)n[nH]1.